The number of benzene rings is 1. The molecule has 5 nitrogen and oxygen atoms in total. The minimum Gasteiger partial charge on any atom is -0.391 e. The van der Waals surface area contributed by atoms with Crippen LogP contribution in [0.5, 0.6) is 0 Å². The molecule has 19 heavy (non-hydrogen) atoms. The highest BCUT2D eigenvalue weighted by Gasteiger charge is 2.09. The van der Waals surface area contributed by atoms with Crippen LogP contribution in [0.25, 0.3) is 10.9 Å². The van der Waals surface area contributed by atoms with E-state index in [9.17, 15) is 5.11 Å². The third-order valence-corrected chi connectivity index (χ3v) is 2.87. The molecule has 0 saturated heterocycles. The van der Waals surface area contributed by atoms with Crippen molar-refractivity contribution in [3.05, 3.63) is 24.3 Å². The molecule has 0 bridgehead atoms. The van der Waals surface area contributed by atoms with Gasteiger partial charge < -0.3 is 16.2 Å². The Labute approximate surface area is 112 Å². The number of anilines is 2. The number of nitrogen functional groups attached to an aromatic ring is 1. The largest absolute Gasteiger partial charge is 0.391 e. The van der Waals surface area contributed by atoms with Crippen LogP contribution >= 0.6 is 0 Å². The minimum atomic E-state index is -0.394. The van der Waals surface area contributed by atoms with E-state index in [0.717, 1.165) is 17.3 Å². The van der Waals surface area contributed by atoms with E-state index >= 15 is 0 Å². The van der Waals surface area contributed by atoms with E-state index in [-0.39, 0.29) is 5.95 Å². The Balaban J connectivity index is 2.16. The van der Waals surface area contributed by atoms with Gasteiger partial charge in [-0.1, -0.05) is 26.0 Å². The maximum absolute atomic E-state index is 9.89. The van der Waals surface area contributed by atoms with Crippen LogP contribution in [0, 0.1) is 5.92 Å². The van der Waals surface area contributed by atoms with E-state index in [1.165, 1.54) is 0 Å². The van der Waals surface area contributed by atoms with Crippen molar-refractivity contribution in [2.45, 2.75) is 26.4 Å². The monoisotopic (exact) mass is 260 g/mol. The molecule has 0 saturated carbocycles. The van der Waals surface area contributed by atoms with Crippen molar-refractivity contribution in [3.8, 4) is 0 Å². The highest BCUT2D eigenvalue weighted by molar-refractivity contribution is 5.89. The number of nitrogens with two attached hydrogens (primary N) is 1. The van der Waals surface area contributed by atoms with E-state index in [1.54, 1.807) is 0 Å². The average molecular weight is 260 g/mol. The molecule has 1 atom stereocenters. The number of hydrogen-bond donors (Lipinski definition) is 3. The standard InChI is InChI=1S/C14H20N4O/c1-9(2)7-10(19)8-16-13-11-5-3-4-6-12(11)17-14(15)18-13/h3-6,9-10,19H,7-8H2,1-2H3,(H3,15,16,17,18). The number of nitrogens with zero attached hydrogens (tertiary/aromatic N) is 2. The lowest BCUT2D eigenvalue weighted by Crippen LogP contribution is -2.22. The van der Waals surface area contributed by atoms with E-state index in [4.69, 9.17) is 5.73 Å². The number of aromatic nitrogens is 2. The molecule has 0 spiro atoms. The molecule has 0 radical (unpaired) electrons. The van der Waals surface area contributed by atoms with Gasteiger partial charge in [-0.05, 0) is 24.5 Å². The number of nitrogens with one attached hydrogen (secondary N) is 1. The van der Waals surface area contributed by atoms with Gasteiger partial charge in [-0.3, -0.25) is 0 Å². The van der Waals surface area contributed by atoms with Crippen LogP contribution in [0.3, 0.4) is 0 Å². The van der Waals surface area contributed by atoms with Gasteiger partial charge in [0.05, 0.1) is 11.6 Å². The molecule has 0 aliphatic rings. The fourth-order valence-electron chi connectivity index (χ4n) is 2.07. The highest BCUT2D eigenvalue weighted by atomic mass is 16.3. The lowest BCUT2D eigenvalue weighted by Gasteiger charge is -2.15. The predicted molar refractivity (Wildman–Crippen MR) is 77.9 cm³/mol. The third kappa shape index (κ3) is 3.54. The highest BCUT2D eigenvalue weighted by Crippen LogP contribution is 2.20. The molecule has 1 aromatic carbocycles. The van der Waals surface area contributed by atoms with Crippen LogP contribution in [0.15, 0.2) is 24.3 Å². The first-order valence-corrected chi connectivity index (χ1v) is 6.50. The van der Waals surface area contributed by atoms with Crippen molar-refractivity contribution in [3.63, 3.8) is 0 Å². The molecular weight excluding hydrogens is 240 g/mol. The Morgan fingerprint density at radius 3 is 2.74 bits per heavy atom. The summed E-state index contributed by atoms with van der Waals surface area (Å²) in [5.74, 6) is 1.37. The summed E-state index contributed by atoms with van der Waals surface area (Å²) in [6.45, 7) is 4.63. The lowest BCUT2D eigenvalue weighted by atomic mass is 10.1. The summed E-state index contributed by atoms with van der Waals surface area (Å²) in [4.78, 5) is 8.37. The topological polar surface area (TPSA) is 84.1 Å². The number of aliphatic hydroxyl groups excluding tert-OH is 1. The van der Waals surface area contributed by atoms with Crippen molar-refractivity contribution >= 4 is 22.7 Å². The van der Waals surface area contributed by atoms with Crippen LogP contribution in [-0.2, 0) is 0 Å². The van der Waals surface area contributed by atoms with Gasteiger partial charge in [0, 0.05) is 11.9 Å². The van der Waals surface area contributed by atoms with Gasteiger partial charge in [0.1, 0.15) is 5.82 Å². The fraction of sp³-hybridized carbons (Fsp3) is 0.429. The average Bonchev–Trinajstić information content (AvgIpc) is 2.35. The Morgan fingerprint density at radius 2 is 2.00 bits per heavy atom. The molecule has 4 N–H and O–H groups in total. The Hall–Kier alpha value is -1.88. The normalized spacial score (nSPS) is 12.8. The van der Waals surface area contributed by atoms with Crippen molar-refractivity contribution in [1.82, 2.24) is 9.97 Å². The zero-order valence-electron chi connectivity index (χ0n) is 11.3. The van der Waals surface area contributed by atoms with E-state index in [2.05, 4.69) is 29.1 Å². The first-order chi connectivity index (χ1) is 9.06. The van der Waals surface area contributed by atoms with Crippen molar-refractivity contribution in [2.24, 2.45) is 5.92 Å². The van der Waals surface area contributed by atoms with Crippen molar-refractivity contribution in [1.29, 1.82) is 0 Å². The first-order valence-electron chi connectivity index (χ1n) is 6.50. The Kier molecular flexibility index (Phi) is 4.16. The fourth-order valence-corrected chi connectivity index (χ4v) is 2.07. The van der Waals surface area contributed by atoms with Crippen LogP contribution < -0.4 is 11.1 Å². The summed E-state index contributed by atoms with van der Waals surface area (Å²) in [7, 11) is 0. The molecular formula is C14H20N4O. The Morgan fingerprint density at radius 1 is 1.26 bits per heavy atom. The van der Waals surface area contributed by atoms with Gasteiger partial charge >= 0.3 is 0 Å². The summed E-state index contributed by atoms with van der Waals surface area (Å²) in [5, 5.41) is 13.9. The zero-order valence-corrected chi connectivity index (χ0v) is 11.3. The molecule has 1 heterocycles. The predicted octanol–water partition coefficient (Wildman–Crippen LogP) is 2.03. The molecule has 5 heteroatoms. The summed E-state index contributed by atoms with van der Waals surface area (Å²) in [5.41, 5.74) is 6.49. The van der Waals surface area contributed by atoms with Gasteiger partial charge in [0.25, 0.3) is 0 Å². The van der Waals surface area contributed by atoms with Crippen molar-refractivity contribution in [2.75, 3.05) is 17.6 Å². The second-order valence-electron chi connectivity index (χ2n) is 5.11. The van der Waals surface area contributed by atoms with Gasteiger partial charge in [-0.15, -0.1) is 0 Å². The molecule has 2 rings (SSSR count). The van der Waals surface area contributed by atoms with E-state index in [1.807, 2.05) is 24.3 Å². The smallest absolute Gasteiger partial charge is 0.222 e. The van der Waals surface area contributed by atoms with E-state index < -0.39 is 6.10 Å². The number of hydrogen-bond acceptors (Lipinski definition) is 5. The van der Waals surface area contributed by atoms with Gasteiger partial charge in [-0.25, -0.2) is 4.98 Å². The molecule has 1 aromatic heterocycles. The van der Waals surface area contributed by atoms with Crippen LogP contribution in [0.1, 0.15) is 20.3 Å². The van der Waals surface area contributed by atoms with Crippen LogP contribution in [0.2, 0.25) is 0 Å². The molecule has 102 valence electrons. The second kappa shape index (κ2) is 5.84. The van der Waals surface area contributed by atoms with Crippen LogP contribution in [0.4, 0.5) is 11.8 Å². The molecule has 0 amide bonds. The molecule has 1 unspecified atom stereocenters. The maximum Gasteiger partial charge on any atom is 0.222 e. The quantitative estimate of drug-likeness (QED) is 0.766. The summed E-state index contributed by atoms with van der Waals surface area (Å²) < 4.78 is 0. The first kappa shape index (κ1) is 13.5. The SMILES string of the molecule is CC(C)CC(O)CNc1nc(N)nc2ccccc12. The molecule has 0 fully saturated rings. The lowest BCUT2D eigenvalue weighted by molar-refractivity contribution is 0.161. The number of fused-ring (bicyclic) bond motifs is 1. The Bertz CT molecular complexity index is 556. The summed E-state index contributed by atoms with van der Waals surface area (Å²) >= 11 is 0. The van der Waals surface area contributed by atoms with Gasteiger partial charge in [0.15, 0.2) is 0 Å². The maximum atomic E-state index is 9.89. The number of rotatable bonds is 5. The number of para-hydroxylation sites is 1. The van der Waals surface area contributed by atoms with Crippen LogP contribution in [-0.4, -0.2) is 27.7 Å². The third-order valence-electron chi connectivity index (χ3n) is 2.87. The number of aliphatic hydroxyl groups is 1. The molecule has 2 aromatic rings. The molecule has 0 aliphatic heterocycles. The summed E-state index contributed by atoms with van der Waals surface area (Å²) in [6.07, 6.45) is 0.362. The summed E-state index contributed by atoms with van der Waals surface area (Å²) in [6, 6.07) is 7.67. The minimum absolute atomic E-state index is 0.236. The van der Waals surface area contributed by atoms with E-state index in [0.29, 0.717) is 18.3 Å². The zero-order chi connectivity index (χ0) is 13.8. The van der Waals surface area contributed by atoms with Gasteiger partial charge in [-0.2, -0.15) is 4.98 Å². The van der Waals surface area contributed by atoms with Gasteiger partial charge in [0.2, 0.25) is 5.95 Å². The molecule has 0 aliphatic carbocycles. The second-order valence-corrected chi connectivity index (χ2v) is 5.11. The van der Waals surface area contributed by atoms with Crippen molar-refractivity contribution < 1.29 is 5.11 Å².